The summed E-state index contributed by atoms with van der Waals surface area (Å²) in [5.74, 6) is -0.355. The summed E-state index contributed by atoms with van der Waals surface area (Å²) in [5, 5.41) is 2.48. The number of hydrogen-bond donors (Lipinski definition) is 1. The highest BCUT2D eigenvalue weighted by Crippen LogP contribution is 2.35. The lowest BCUT2D eigenvalue weighted by Gasteiger charge is -2.31. The third kappa shape index (κ3) is 4.19. The van der Waals surface area contributed by atoms with Crippen LogP contribution in [-0.4, -0.2) is 31.7 Å². The number of amides is 1. The topological polar surface area (TPSA) is 85.4 Å². The lowest BCUT2D eigenvalue weighted by molar-refractivity contribution is -0.120. The summed E-state index contributed by atoms with van der Waals surface area (Å²) in [4.78, 5) is 18.2. The zero-order chi connectivity index (χ0) is 23.9. The molecular weight excluding hydrogens is 468 g/mol. The highest BCUT2D eigenvalue weighted by atomic mass is 32.2. The van der Waals surface area contributed by atoms with Gasteiger partial charge in [-0.25, -0.2) is 13.4 Å². The molecule has 1 amide bonds. The molecule has 0 aliphatic heterocycles. The minimum absolute atomic E-state index is 0.243. The van der Waals surface area contributed by atoms with Gasteiger partial charge in [-0.1, -0.05) is 53.3 Å². The molecule has 34 heavy (non-hydrogen) atoms. The highest BCUT2D eigenvalue weighted by molar-refractivity contribution is 7.92. The van der Waals surface area contributed by atoms with E-state index in [0.29, 0.717) is 23.7 Å². The van der Waals surface area contributed by atoms with E-state index in [2.05, 4.69) is 10.3 Å². The summed E-state index contributed by atoms with van der Waals surface area (Å²) in [6.07, 6.45) is 0.651. The number of carbonyl (C=O) groups is 1. The number of ether oxygens (including phenoxy) is 1. The number of carbonyl (C=O) groups excluding carboxylic acids is 1. The van der Waals surface area contributed by atoms with Crippen molar-refractivity contribution in [2.75, 3.05) is 12.4 Å². The molecule has 5 rings (SSSR count). The Morgan fingerprint density at radius 3 is 2.44 bits per heavy atom. The van der Waals surface area contributed by atoms with Crippen molar-refractivity contribution in [1.82, 2.24) is 4.98 Å². The van der Waals surface area contributed by atoms with Gasteiger partial charge in [-0.2, -0.15) is 0 Å². The maximum absolute atomic E-state index is 13.7. The van der Waals surface area contributed by atoms with Crippen molar-refractivity contribution in [1.29, 1.82) is 0 Å². The quantitative estimate of drug-likeness (QED) is 0.432. The molecular formula is C26H24N2O4S2. The number of nitrogens with one attached hydrogen (secondary N) is 1. The first-order valence-electron chi connectivity index (χ1n) is 11.0. The van der Waals surface area contributed by atoms with E-state index in [1.807, 2.05) is 49.4 Å². The lowest BCUT2D eigenvalue weighted by Crippen LogP contribution is -2.43. The first-order valence-corrected chi connectivity index (χ1v) is 13.3. The smallest absolute Gasteiger partial charge is 0.230 e. The Bertz CT molecular complexity index is 1480. The van der Waals surface area contributed by atoms with Gasteiger partial charge in [0.2, 0.25) is 5.91 Å². The number of hydrogen-bond acceptors (Lipinski definition) is 6. The Balaban J connectivity index is 1.49. The van der Waals surface area contributed by atoms with Crippen LogP contribution in [0.1, 0.15) is 16.7 Å². The highest BCUT2D eigenvalue weighted by Gasteiger charge is 2.42. The first-order chi connectivity index (χ1) is 16.3. The Morgan fingerprint density at radius 1 is 1.03 bits per heavy atom. The van der Waals surface area contributed by atoms with Crippen LogP contribution in [0.15, 0.2) is 71.6 Å². The molecule has 8 heteroatoms. The van der Waals surface area contributed by atoms with Crippen molar-refractivity contribution in [2.45, 2.75) is 29.9 Å². The average Bonchev–Trinajstić information content (AvgIpc) is 3.24. The van der Waals surface area contributed by atoms with Crippen LogP contribution < -0.4 is 10.1 Å². The van der Waals surface area contributed by atoms with Gasteiger partial charge in [0.15, 0.2) is 15.0 Å². The van der Waals surface area contributed by atoms with Gasteiger partial charge in [-0.05, 0) is 61.2 Å². The third-order valence-electron chi connectivity index (χ3n) is 6.34. The number of benzene rings is 3. The number of rotatable bonds is 5. The molecule has 2 unspecified atom stereocenters. The normalized spacial score (nSPS) is 17.8. The second kappa shape index (κ2) is 8.85. The van der Waals surface area contributed by atoms with E-state index in [1.54, 1.807) is 31.4 Å². The Labute approximate surface area is 202 Å². The largest absolute Gasteiger partial charge is 0.497 e. The van der Waals surface area contributed by atoms with Gasteiger partial charge in [0.25, 0.3) is 0 Å². The van der Waals surface area contributed by atoms with Crippen molar-refractivity contribution in [3.63, 3.8) is 0 Å². The van der Waals surface area contributed by atoms with E-state index < -0.39 is 21.0 Å². The Morgan fingerprint density at radius 2 is 1.74 bits per heavy atom. The second-order valence-corrected chi connectivity index (χ2v) is 11.7. The molecule has 1 aromatic heterocycles. The maximum atomic E-state index is 13.7. The number of nitrogens with zero attached hydrogens (tertiary/aromatic N) is 1. The summed E-state index contributed by atoms with van der Waals surface area (Å²) in [6.45, 7) is 1.91. The second-order valence-electron chi connectivity index (χ2n) is 8.52. The van der Waals surface area contributed by atoms with Gasteiger partial charge in [-0.3, -0.25) is 4.79 Å². The van der Waals surface area contributed by atoms with E-state index >= 15 is 0 Å². The summed E-state index contributed by atoms with van der Waals surface area (Å²) < 4.78 is 33.5. The molecule has 1 aliphatic carbocycles. The zero-order valence-corrected chi connectivity index (χ0v) is 20.4. The molecule has 0 saturated heterocycles. The van der Waals surface area contributed by atoms with Crippen LogP contribution in [0.2, 0.25) is 0 Å². The van der Waals surface area contributed by atoms with Crippen molar-refractivity contribution in [3.05, 3.63) is 83.4 Å². The summed E-state index contributed by atoms with van der Waals surface area (Å²) >= 11 is 1.34. The molecule has 0 saturated carbocycles. The molecule has 1 heterocycles. The van der Waals surface area contributed by atoms with Crippen LogP contribution in [0.4, 0.5) is 5.13 Å². The van der Waals surface area contributed by atoms with Gasteiger partial charge in [0, 0.05) is 0 Å². The predicted octanol–water partition coefficient (Wildman–Crippen LogP) is 4.81. The zero-order valence-electron chi connectivity index (χ0n) is 18.8. The predicted molar refractivity (Wildman–Crippen MR) is 134 cm³/mol. The number of methoxy groups -OCH3 is 1. The summed E-state index contributed by atoms with van der Waals surface area (Å²) in [7, 11) is -2.14. The average molecular weight is 493 g/mol. The van der Waals surface area contributed by atoms with Crippen molar-refractivity contribution in [3.8, 4) is 5.75 Å². The minimum atomic E-state index is -3.74. The number of thiazole rings is 1. The molecule has 2 atom stereocenters. The van der Waals surface area contributed by atoms with Crippen LogP contribution in [0, 0.1) is 12.8 Å². The van der Waals surface area contributed by atoms with Crippen LogP contribution in [-0.2, 0) is 27.5 Å². The van der Waals surface area contributed by atoms with E-state index in [1.165, 1.54) is 11.3 Å². The molecule has 0 fully saturated rings. The SMILES string of the molecule is COc1ccc2nc(NC(=O)C3Cc4ccccc4CC3S(=O)(=O)c3ccc(C)cc3)sc2c1. The molecule has 174 valence electrons. The van der Waals surface area contributed by atoms with E-state index in [-0.39, 0.29) is 10.8 Å². The fourth-order valence-corrected chi connectivity index (χ4v) is 7.27. The van der Waals surface area contributed by atoms with Crippen molar-refractivity contribution in [2.24, 2.45) is 5.92 Å². The van der Waals surface area contributed by atoms with E-state index in [0.717, 1.165) is 26.9 Å². The van der Waals surface area contributed by atoms with Crippen LogP contribution >= 0.6 is 11.3 Å². The molecule has 3 aromatic carbocycles. The van der Waals surface area contributed by atoms with Gasteiger partial charge < -0.3 is 10.1 Å². The summed E-state index contributed by atoms with van der Waals surface area (Å²) in [6, 6.07) is 20.1. The van der Waals surface area contributed by atoms with Crippen LogP contribution in [0.3, 0.4) is 0 Å². The van der Waals surface area contributed by atoms with E-state index in [9.17, 15) is 13.2 Å². The maximum Gasteiger partial charge on any atom is 0.230 e. The van der Waals surface area contributed by atoms with Crippen molar-refractivity contribution >= 4 is 42.4 Å². The standard InChI is InChI=1S/C26H24N2O4S2/c1-16-7-10-20(11-8-16)34(30,31)24-14-18-6-4-3-5-17(18)13-21(24)25(29)28-26-27-22-12-9-19(32-2)15-23(22)33-26/h3-12,15,21,24H,13-14H2,1-2H3,(H,27,28,29). The molecule has 0 bridgehead atoms. The first kappa shape index (κ1) is 22.6. The molecule has 1 N–H and O–H groups in total. The van der Waals surface area contributed by atoms with Crippen LogP contribution in [0.5, 0.6) is 5.75 Å². The number of fused-ring (bicyclic) bond motifs is 2. The minimum Gasteiger partial charge on any atom is -0.497 e. The monoisotopic (exact) mass is 492 g/mol. The van der Waals surface area contributed by atoms with Gasteiger partial charge in [-0.15, -0.1) is 0 Å². The van der Waals surface area contributed by atoms with E-state index in [4.69, 9.17) is 4.74 Å². The van der Waals surface area contributed by atoms with Crippen molar-refractivity contribution < 1.29 is 17.9 Å². The number of aromatic nitrogens is 1. The van der Waals surface area contributed by atoms with Crippen LogP contribution in [0.25, 0.3) is 10.2 Å². The molecule has 1 aliphatic rings. The third-order valence-corrected chi connectivity index (χ3v) is 9.49. The number of aryl methyl sites for hydroxylation is 1. The molecule has 0 radical (unpaired) electrons. The summed E-state index contributed by atoms with van der Waals surface area (Å²) in [5.41, 5.74) is 3.71. The fraction of sp³-hybridized carbons (Fsp3) is 0.231. The lowest BCUT2D eigenvalue weighted by atomic mass is 9.83. The molecule has 0 spiro atoms. The fourth-order valence-electron chi connectivity index (χ4n) is 4.46. The number of sulfone groups is 1. The Hall–Kier alpha value is -3.23. The van der Waals surface area contributed by atoms with Gasteiger partial charge in [0.1, 0.15) is 5.75 Å². The molecule has 4 aromatic rings. The molecule has 6 nitrogen and oxygen atoms in total. The van der Waals surface area contributed by atoms with Gasteiger partial charge >= 0.3 is 0 Å². The Kier molecular flexibility index (Phi) is 5.87. The number of anilines is 1. The van der Waals surface area contributed by atoms with Gasteiger partial charge in [0.05, 0.1) is 33.4 Å².